The normalized spacial score (nSPS) is 19.6. The van der Waals surface area contributed by atoms with Crippen molar-refractivity contribution in [2.45, 2.75) is 12.0 Å². The second-order valence-corrected chi connectivity index (χ2v) is 4.38. The van der Waals surface area contributed by atoms with Crippen LogP contribution in [0.3, 0.4) is 0 Å². The van der Waals surface area contributed by atoms with Crippen LogP contribution < -0.4 is 0 Å². The standard InChI is InChI=1S/C11H8ClF4NO2/c12-19-10(18)9(17-4-11(15,16)5-17)7-2-1-6(13)3-8(7)14/h1-3,9H,4-5H2. The van der Waals surface area contributed by atoms with Gasteiger partial charge in [-0.3, -0.25) is 4.90 Å². The third-order valence-electron chi connectivity index (χ3n) is 2.79. The third-order valence-corrected chi connectivity index (χ3v) is 2.94. The maximum absolute atomic E-state index is 13.6. The molecule has 1 aliphatic rings. The van der Waals surface area contributed by atoms with E-state index in [1.54, 1.807) is 0 Å². The minimum Gasteiger partial charge on any atom is -0.345 e. The van der Waals surface area contributed by atoms with Crippen molar-refractivity contribution in [1.82, 2.24) is 4.90 Å². The molecular formula is C11H8ClF4NO2. The fourth-order valence-corrected chi connectivity index (χ4v) is 2.05. The summed E-state index contributed by atoms with van der Waals surface area (Å²) in [7, 11) is 0. The Morgan fingerprint density at radius 1 is 1.37 bits per heavy atom. The number of carbonyl (C=O) groups is 1. The molecule has 19 heavy (non-hydrogen) atoms. The van der Waals surface area contributed by atoms with Crippen molar-refractivity contribution in [3.05, 3.63) is 35.4 Å². The van der Waals surface area contributed by atoms with Gasteiger partial charge in [0.2, 0.25) is 0 Å². The molecule has 2 rings (SSSR count). The molecule has 1 aliphatic heterocycles. The molecule has 0 aliphatic carbocycles. The Morgan fingerprint density at radius 3 is 2.47 bits per heavy atom. The van der Waals surface area contributed by atoms with Crippen LogP contribution >= 0.6 is 11.9 Å². The first-order valence-corrected chi connectivity index (χ1v) is 5.54. The highest BCUT2D eigenvalue weighted by molar-refractivity contribution is 6.13. The van der Waals surface area contributed by atoms with E-state index in [1.165, 1.54) is 0 Å². The summed E-state index contributed by atoms with van der Waals surface area (Å²) < 4.78 is 56.0. The van der Waals surface area contributed by atoms with Gasteiger partial charge in [0, 0.05) is 11.6 Å². The third kappa shape index (κ3) is 2.82. The predicted octanol–water partition coefficient (Wildman–Crippen LogP) is 2.65. The molecule has 1 unspecified atom stereocenters. The van der Waals surface area contributed by atoms with Gasteiger partial charge in [-0.15, -0.1) is 0 Å². The van der Waals surface area contributed by atoms with Crippen LogP contribution in [0.5, 0.6) is 0 Å². The molecule has 0 amide bonds. The number of likely N-dealkylation sites (tertiary alicyclic amines) is 1. The number of alkyl halides is 2. The number of halogens is 5. The highest BCUT2D eigenvalue weighted by atomic mass is 35.5. The summed E-state index contributed by atoms with van der Waals surface area (Å²) in [6.45, 7) is -1.44. The lowest BCUT2D eigenvalue weighted by atomic mass is 9.99. The molecule has 1 saturated heterocycles. The first-order chi connectivity index (χ1) is 8.84. The fraction of sp³-hybridized carbons (Fsp3) is 0.364. The summed E-state index contributed by atoms with van der Waals surface area (Å²) in [6, 6.07) is 1.06. The van der Waals surface area contributed by atoms with Crippen molar-refractivity contribution >= 4 is 17.8 Å². The van der Waals surface area contributed by atoms with Crippen LogP contribution in [0.4, 0.5) is 17.6 Å². The molecule has 0 aromatic heterocycles. The maximum Gasteiger partial charge on any atom is 0.346 e. The molecule has 1 heterocycles. The number of carbonyl (C=O) groups excluding carboxylic acids is 1. The fourth-order valence-electron chi connectivity index (χ4n) is 1.97. The van der Waals surface area contributed by atoms with Gasteiger partial charge in [0.05, 0.1) is 13.1 Å². The molecular weight excluding hydrogens is 290 g/mol. The predicted molar refractivity (Wildman–Crippen MR) is 57.6 cm³/mol. The Bertz CT molecular complexity index is 503. The molecule has 1 aromatic carbocycles. The molecule has 0 saturated carbocycles. The molecule has 3 nitrogen and oxygen atoms in total. The van der Waals surface area contributed by atoms with E-state index in [9.17, 15) is 22.4 Å². The van der Waals surface area contributed by atoms with Crippen LogP contribution in [-0.2, 0) is 9.08 Å². The van der Waals surface area contributed by atoms with Crippen LogP contribution in [0.15, 0.2) is 18.2 Å². The summed E-state index contributed by atoms with van der Waals surface area (Å²) in [5, 5.41) is 0. The second kappa shape index (κ2) is 4.97. The summed E-state index contributed by atoms with van der Waals surface area (Å²) in [6.07, 6.45) is 0. The molecule has 1 aromatic rings. The second-order valence-electron chi connectivity index (χ2n) is 4.23. The van der Waals surface area contributed by atoms with Crippen molar-refractivity contribution in [1.29, 1.82) is 0 Å². The Morgan fingerprint density at radius 2 is 2.00 bits per heavy atom. The van der Waals surface area contributed by atoms with Crippen LogP contribution in [0.25, 0.3) is 0 Å². The molecule has 104 valence electrons. The lowest BCUT2D eigenvalue weighted by Gasteiger charge is -2.42. The lowest BCUT2D eigenvalue weighted by molar-refractivity contribution is -0.167. The van der Waals surface area contributed by atoms with Gasteiger partial charge >= 0.3 is 5.97 Å². The Kier molecular flexibility index (Phi) is 3.69. The van der Waals surface area contributed by atoms with Gasteiger partial charge in [0.15, 0.2) is 0 Å². The molecule has 8 heteroatoms. The zero-order valence-electron chi connectivity index (χ0n) is 9.38. The summed E-state index contributed by atoms with van der Waals surface area (Å²) in [5.74, 6) is -5.90. The first kappa shape index (κ1) is 14.1. The SMILES string of the molecule is O=C(OCl)C(c1ccc(F)cc1F)N1CC(F)(F)C1. The summed E-state index contributed by atoms with van der Waals surface area (Å²) in [4.78, 5) is 12.5. The van der Waals surface area contributed by atoms with Gasteiger partial charge in [-0.05, 0) is 6.07 Å². The van der Waals surface area contributed by atoms with Crippen LogP contribution in [0, 0.1) is 11.6 Å². The topological polar surface area (TPSA) is 29.5 Å². The molecule has 0 radical (unpaired) electrons. The van der Waals surface area contributed by atoms with Crippen molar-refractivity contribution in [2.75, 3.05) is 13.1 Å². The monoisotopic (exact) mass is 297 g/mol. The average molecular weight is 298 g/mol. The van der Waals surface area contributed by atoms with E-state index in [0.717, 1.165) is 17.0 Å². The van der Waals surface area contributed by atoms with Crippen LogP contribution in [0.1, 0.15) is 11.6 Å². The van der Waals surface area contributed by atoms with Crippen molar-refractivity contribution in [3.8, 4) is 0 Å². The smallest absolute Gasteiger partial charge is 0.345 e. The van der Waals surface area contributed by atoms with E-state index < -0.39 is 42.7 Å². The van der Waals surface area contributed by atoms with E-state index in [1.807, 2.05) is 0 Å². The van der Waals surface area contributed by atoms with E-state index in [0.29, 0.717) is 6.07 Å². The number of hydrogen-bond acceptors (Lipinski definition) is 3. The average Bonchev–Trinajstić information content (AvgIpc) is 2.29. The quantitative estimate of drug-likeness (QED) is 0.803. The van der Waals surface area contributed by atoms with Gasteiger partial charge in [0.1, 0.15) is 29.5 Å². The van der Waals surface area contributed by atoms with Crippen molar-refractivity contribution < 1.29 is 26.6 Å². The summed E-state index contributed by atoms with van der Waals surface area (Å²) in [5.41, 5.74) is -0.262. The van der Waals surface area contributed by atoms with E-state index in [-0.39, 0.29) is 5.56 Å². The minimum atomic E-state index is -2.94. The number of nitrogens with zero attached hydrogens (tertiary/aromatic N) is 1. The Hall–Kier alpha value is -1.34. The van der Waals surface area contributed by atoms with E-state index in [4.69, 9.17) is 11.9 Å². The molecule has 1 fully saturated rings. The van der Waals surface area contributed by atoms with Crippen molar-refractivity contribution in [3.63, 3.8) is 0 Å². The number of hydrogen-bond donors (Lipinski definition) is 0. The molecule has 0 bridgehead atoms. The molecule has 0 spiro atoms. The Balaban J connectivity index is 2.31. The van der Waals surface area contributed by atoms with Crippen molar-refractivity contribution in [2.24, 2.45) is 0 Å². The Labute approximate surface area is 110 Å². The zero-order chi connectivity index (χ0) is 14.2. The summed E-state index contributed by atoms with van der Waals surface area (Å²) >= 11 is 4.92. The first-order valence-electron chi connectivity index (χ1n) is 5.23. The van der Waals surface area contributed by atoms with Gasteiger partial charge in [0.25, 0.3) is 5.92 Å². The van der Waals surface area contributed by atoms with E-state index >= 15 is 0 Å². The van der Waals surface area contributed by atoms with Gasteiger partial charge < -0.3 is 4.29 Å². The van der Waals surface area contributed by atoms with Crippen LogP contribution in [0.2, 0.25) is 0 Å². The lowest BCUT2D eigenvalue weighted by Crippen LogP contribution is -2.58. The highest BCUT2D eigenvalue weighted by Gasteiger charge is 2.50. The molecule has 1 atom stereocenters. The van der Waals surface area contributed by atoms with Gasteiger partial charge in [-0.25, -0.2) is 22.4 Å². The van der Waals surface area contributed by atoms with Gasteiger partial charge in [-0.1, -0.05) is 6.07 Å². The largest absolute Gasteiger partial charge is 0.346 e. The highest BCUT2D eigenvalue weighted by Crippen LogP contribution is 2.36. The number of rotatable bonds is 3. The van der Waals surface area contributed by atoms with Gasteiger partial charge in [-0.2, -0.15) is 0 Å². The minimum absolute atomic E-state index is 0.262. The van der Waals surface area contributed by atoms with Crippen LogP contribution in [-0.4, -0.2) is 29.9 Å². The molecule has 0 N–H and O–H groups in total. The van der Waals surface area contributed by atoms with E-state index in [2.05, 4.69) is 4.29 Å². The zero-order valence-corrected chi connectivity index (χ0v) is 10.1. The number of benzene rings is 1. The maximum atomic E-state index is 13.6.